The van der Waals surface area contributed by atoms with Crippen LogP contribution >= 0.6 is 0 Å². The van der Waals surface area contributed by atoms with Gasteiger partial charge in [-0.2, -0.15) is 10.4 Å². The maximum atomic E-state index is 13.1. The highest BCUT2D eigenvalue weighted by molar-refractivity contribution is 5.98. The van der Waals surface area contributed by atoms with Crippen molar-refractivity contribution in [3.8, 4) is 6.07 Å². The van der Waals surface area contributed by atoms with Gasteiger partial charge in [0.25, 0.3) is 5.91 Å². The summed E-state index contributed by atoms with van der Waals surface area (Å²) in [6.07, 6.45) is 0.567. The number of carbonyl (C=O) groups excluding carboxylic acids is 2. The number of primary amides is 1. The molecule has 1 aliphatic rings. The lowest BCUT2D eigenvalue weighted by Crippen LogP contribution is -2.45. The number of ether oxygens (including phenoxy) is 1. The van der Waals surface area contributed by atoms with Crippen molar-refractivity contribution in [1.82, 2.24) is 14.7 Å². The molecule has 176 valence electrons. The Balaban J connectivity index is 1.74. The summed E-state index contributed by atoms with van der Waals surface area (Å²) in [5.74, 6) is -5.45. The molecule has 2 heterocycles. The zero-order chi connectivity index (χ0) is 24.2. The van der Waals surface area contributed by atoms with E-state index < -0.39 is 48.9 Å². The van der Waals surface area contributed by atoms with Crippen LogP contribution in [0.15, 0.2) is 30.5 Å². The number of amides is 2. The van der Waals surface area contributed by atoms with Gasteiger partial charge in [-0.15, -0.1) is 0 Å². The van der Waals surface area contributed by atoms with Crippen LogP contribution in [0.25, 0.3) is 0 Å². The second-order valence-electron chi connectivity index (χ2n) is 7.47. The molecule has 2 atom stereocenters. The van der Waals surface area contributed by atoms with Crippen molar-refractivity contribution in [1.29, 1.82) is 5.26 Å². The Morgan fingerprint density at radius 1 is 1.36 bits per heavy atom. The van der Waals surface area contributed by atoms with Crippen LogP contribution in [-0.2, 0) is 4.74 Å². The topological polar surface area (TPSA) is 146 Å². The number of piperidine rings is 1. The largest absolute Gasteiger partial charge is 0.443 e. The summed E-state index contributed by atoms with van der Waals surface area (Å²) in [7, 11) is 0. The Kier molecular flexibility index (Phi) is 7.07. The van der Waals surface area contributed by atoms with Gasteiger partial charge in [-0.1, -0.05) is 0 Å². The molecule has 1 aliphatic heterocycles. The Hall–Kier alpha value is -3.79. The fourth-order valence-corrected chi connectivity index (χ4v) is 3.36. The third-order valence-electron chi connectivity index (χ3n) is 5.08. The lowest BCUT2D eigenvalue weighted by molar-refractivity contribution is -0.0942. The van der Waals surface area contributed by atoms with E-state index in [0.717, 1.165) is 4.90 Å². The van der Waals surface area contributed by atoms with Crippen molar-refractivity contribution in [3.05, 3.63) is 41.8 Å². The quantitative estimate of drug-likeness (QED) is 0.566. The second kappa shape index (κ2) is 9.78. The number of nitrogens with zero attached hydrogens (tertiary/aromatic N) is 4. The minimum absolute atomic E-state index is 0.0455. The van der Waals surface area contributed by atoms with Gasteiger partial charge in [0.1, 0.15) is 18.0 Å². The van der Waals surface area contributed by atoms with Crippen LogP contribution in [0.3, 0.4) is 0 Å². The van der Waals surface area contributed by atoms with E-state index in [0.29, 0.717) is 5.69 Å². The highest BCUT2D eigenvalue weighted by Crippen LogP contribution is 2.30. The molecule has 2 aromatic rings. The number of aliphatic hydroxyl groups is 1. The summed E-state index contributed by atoms with van der Waals surface area (Å²) in [6.45, 7) is -2.77. The molecular weight excluding hydrogens is 445 g/mol. The number of aromatic nitrogens is 2. The summed E-state index contributed by atoms with van der Waals surface area (Å²) in [4.78, 5) is 25.1. The number of aliphatic hydroxyl groups excluding tert-OH is 1. The third kappa shape index (κ3) is 5.72. The van der Waals surface area contributed by atoms with Crippen LogP contribution < -0.4 is 11.1 Å². The summed E-state index contributed by atoms with van der Waals surface area (Å²) < 4.78 is 45.3. The summed E-state index contributed by atoms with van der Waals surface area (Å²) >= 11 is 0. The van der Waals surface area contributed by atoms with Crippen LogP contribution in [-0.4, -0.2) is 64.0 Å². The van der Waals surface area contributed by atoms with Crippen LogP contribution in [0.5, 0.6) is 0 Å². The molecule has 0 radical (unpaired) electrons. The molecule has 1 aromatic heterocycles. The Morgan fingerprint density at radius 3 is 2.67 bits per heavy atom. The molecule has 13 heteroatoms. The average Bonchev–Trinajstić information content (AvgIpc) is 3.22. The van der Waals surface area contributed by atoms with E-state index in [1.165, 1.54) is 35.1 Å². The van der Waals surface area contributed by atoms with Crippen LogP contribution in [0.1, 0.15) is 22.8 Å². The van der Waals surface area contributed by atoms with Gasteiger partial charge < -0.3 is 25.8 Å². The Morgan fingerprint density at radius 2 is 2.06 bits per heavy atom. The Labute approximate surface area is 186 Å². The lowest BCUT2D eigenvalue weighted by Gasteiger charge is -2.35. The van der Waals surface area contributed by atoms with E-state index in [-0.39, 0.29) is 30.9 Å². The minimum Gasteiger partial charge on any atom is -0.443 e. The first kappa shape index (κ1) is 23.9. The number of hydrogen-bond donors (Lipinski definition) is 3. The predicted molar refractivity (Wildman–Crippen MR) is 108 cm³/mol. The number of nitrogens with two attached hydrogens (primary N) is 1. The molecule has 10 nitrogen and oxygen atoms in total. The molecule has 0 saturated carbocycles. The number of nitriles is 1. The van der Waals surface area contributed by atoms with Crippen molar-refractivity contribution in [2.45, 2.75) is 18.4 Å². The first-order chi connectivity index (χ1) is 15.6. The van der Waals surface area contributed by atoms with Gasteiger partial charge in [0, 0.05) is 25.0 Å². The molecule has 0 bridgehead atoms. The maximum absolute atomic E-state index is 13.1. The average molecular weight is 466 g/mol. The zero-order valence-electron chi connectivity index (χ0n) is 17.2. The Bertz CT molecular complexity index is 1050. The number of anilines is 2. The molecule has 0 aliphatic carbocycles. The van der Waals surface area contributed by atoms with Gasteiger partial charge >= 0.3 is 12.0 Å². The highest BCUT2D eigenvalue weighted by atomic mass is 19.3. The van der Waals surface area contributed by atoms with Gasteiger partial charge in [-0.05, 0) is 30.7 Å². The monoisotopic (exact) mass is 466 g/mol. The van der Waals surface area contributed by atoms with E-state index in [2.05, 4.69) is 21.2 Å². The molecule has 0 unspecified atom stereocenters. The normalized spacial score (nSPS) is 18.5. The molecule has 4 N–H and O–H groups in total. The van der Waals surface area contributed by atoms with Crippen molar-refractivity contribution in [2.24, 2.45) is 11.7 Å². The molecule has 1 aromatic carbocycles. The van der Waals surface area contributed by atoms with Gasteiger partial charge in [-0.3, -0.25) is 9.48 Å². The van der Waals surface area contributed by atoms with Crippen molar-refractivity contribution >= 4 is 23.5 Å². The van der Waals surface area contributed by atoms with Gasteiger partial charge in [0.15, 0.2) is 12.4 Å². The lowest BCUT2D eigenvalue weighted by atomic mass is 9.94. The van der Waals surface area contributed by atoms with Crippen LogP contribution in [0.2, 0.25) is 0 Å². The smallest absolute Gasteiger partial charge is 0.410 e. The number of halogens is 3. The van der Waals surface area contributed by atoms with E-state index in [1.54, 1.807) is 0 Å². The molecule has 1 fully saturated rings. The standard InChI is InChI=1S/C20H21F3N6O4/c21-13-1-3-14(4-2-13)26-18-15(17(25)31)9-29(27-18)16-5-6-28(8-12(16)7-24)19(32)33-11-20(22,23)10-30/h1-4,9,12,16,30H,5-6,8,10-11H2,(H2,25,31)(H,26,27)/t12-,16-/m1/s1. The van der Waals surface area contributed by atoms with E-state index in [1.807, 2.05) is 0 Å². The van der Waals surface area contributed by atoms with E-state index in [4.69, 9.17) is 10.8 Å². The third-order valence-corrected chi connectivity index (χ3v) is 5.08. The zero-order valence-corrected chi connectivity index (χ0v) is 17.2. The number of rotatable bonds is 7. The molecule has 2 amide bonds. The predicted octanol–water partition coefficient (Wildman–Crippen LogP) is 2.02. The first-order valence-corrected chi connectivity index (χ1v) is 9.85. The van der Waals surface area contributed by atoms with Crippen LogP contribution in [0.4, 0.5) is 29.5 Å². The van der Waals surface area contributed by atoms with E-state index >= 15 is 0 Å². The minimum atomic E-state index is -3.56. The van der Waals surface area contributed by atoms with Crippen molar-refractivity contribution in [3.63, 3.8) is 0 Å². The SMILES string of the molecule is N#C[C@@H]1CN(C(=O)OCC(F)(F)CO)CC[C@H]1n1cc(C(N)=O)c(Nc2ccc(F)cc2)n1. The summed E-state index contributed by atoms with van der Waals surface area (Å²) in [5.41, 5.74) is 5.94. The first-order valence-electron chi connectivity index (χ1n) is 9.85. The number of likely N-dealkylation sites (tertiary alicyclic amines) is 1. The maximum Gasteiger partial charge on any atom is 0.410 e. The number of hydrogen-bond acceptors (Lipinski definition) is 7. The second-order valence-corrected chi connectivity index (χ2v) is 7.47. The molecule has 3 rings (SSSR count). The molecule has 1 saturated heterocycles. The number of alkyl halides is 2. The summed E-state index contributed by atoms with van der Waals surface area (Å²) in [6, 6.07) is 6.85. The highest BCUT2D eigenvalue weighted by Gasteiger charge is 2.36. The van der Waals surface area contributed by atoms with Gasteiger partial charge in [0.2, 0.25) is 0 Å². The fraction of sp³-hybridized carbons (Fsp3) is 0.400. The molecular formula is C20H21F3N6O4. The number of benzene rings is 1. The van der Waals surface area contributed by atoms with E-state index in [9.17, 15) is 28.0 Å². The number of carbonyl (C=O) groups is 2. The summed E-state index contributed by atoms with van der Waals surface area (Å²) in [5, 5.41) is 25.4. The number of nitrogens with one attached hydrogen (secondary N) is 1. The van der Waals surface area contributed by atoms with Crippen molar-refractivity contribution < 1.29 is 32.6 Å². The molecule has 33 heavy (non-hydrogen) atoms. The molecule has 0 spiro atoms. The van der Waals surface area contributed by atoms with Crippen molar-refractivity contribution in [2.75, 3.05) is 31.6 Å². The van der Waals surface area contributed by atoms with Gasteiger partial charge in [-0.25, -0.2) is 18.0 Å². The fourth-order valence-electron chi connectivity index (χ4n) is 3.36. The van der Waals surface area contributed by atoms with Crippen LogP contribution in [0, 0.1) is 23.1 Å². The van der Waals surface area contributed by atoms with Gasteiger partial charge in [0.05, 0.1) is 18.0 Å².